The fourth-order valence-electron chi connectivity index (χ4n) is 3.47. The van der Waals surface area contributed by atoms with Crippen molar-refractivity contribution in [2.24, 2.45) is 11.8 Å². The molecular formula is C20H27F3O5P2. The zero-order valence-electron chi connectivity index (χ0n) is 16.5. The zero-order chi connectivity index (χ0) is 22.1. The maximum atomic E-state index is 12.8. The van der Waals surface area contributed by atoms with Gasteiger partial charge in [0.25, 0.3) is 0 Å². The molecule has 0 aromatic heterocycles. The van der Waals surface area contributed by atoms with Crippen LogP contribution in [-0.2, 0) is 20.0 Å². The van der Waals surface area contributed by atoms with Gasteiger partial charge in [-0.05, 0) is 36.6 Å². The molecule has 1 aliphatic carbocycles. The Balaban J connectivity index is 2.03. The second-order valence-corrected chi connectivity index (χ2v) is 7.50. The highest BCUT2D eigenvalue weighted by Crippen LogP contribution is 2.39. The first kappa shape index (κ1) is 25.1. The van der Waals surface area contributed by atoms with Gasteiger partial charge in [0.2, 0.25) is 0 Å². The van der Waals surface area contributed by atoms with Gasteiger partial charge in [0.05, 0.1) is 31.1 Å². The predicted octanol–water partition coefficient (Wildman–Crippen LogP) is 4.54. The van der Waals surface area contributed by atoms with E-state index in [1.54, 1.807) is 19.4 Å². The number of hydrogen-bond donors (Lipinski definition) is 1. The van der Waals surface area contributed by atoms with Crippen molar-refractivity contribution in [2.45, 2.75) is 37.3 Å². The van der Waals surface area contributed by atoms with Crippen molar-refractivity contribution < 1.29 is 36.8 Å². The van der Waals surface area contributed by atoms with Crippen LogP contribution in [0.2, 0.25) is 0 Å². The molecule has 0 aliphatic heterocycles. The normalized spacial score (nSPS) is 25.8. The van der Waals surface area contributed by atoms with Crippen LogP contribution in [0, 0.1) is 11.8 Å². The number of ether oxygens (including phenoxy) is 2. The Morgan fingerprint density at radius 3 is 2.70 bits per heavy atom. The van der Waals surface area contributed by atoms with Gasteiger partial charge in [-0.2, -0.15) is 13.2 Å². The summed E-state index contributed by atoms with van der Waals surface area (Å²) in [7, 11) is 5.92. The third-order valence-corrected chi connectivity index (χ3v) is 5.70. The van der Waals surface area contributed by atoms with E-state index in [9.17, 15) is 18.3 Å². The lowest BCUT2D eigenvalue weighted by Crippen LogP contribution is -2.22. The van der Waals surface area contributed by atoms with Crippen LogP contribution in [-0.4, -0.2) is 37.1 Å². The standard InChI is InChI=1S/C20H27F3O5P2/c1-25-9-3-6-16-17(19(28-30)11-18(16)24)8-7-15(27-29)12-26-14-5-2-4-13(10-14)20(21,22)23/h2-5,7-10,15-19,24H,6,11-12,29-30H2,1H3/b8-7+,9-3-/t15?,16-,17-,18?,19?/m1/s1. The SMILES string of the molecule is CO/C=C\C[C@H]1C(O)CC(OP)[C@@H]1/C=C/C(COc1cccc(C(F)(F)F)c1)OP. The van der Waals surface area contributed by atoms with Crippen LogP contribution >= 0.6 is 18.9 Å². The Morgan fingerprint density at radius 2 is 2.07 bits per heavy atom. The number of hydrogen-bond acceptors (Lipinski definition) is 5. The van der Waals surface area contributed by atoms with Gasteiger partial charge < -0.3 is 23.6 Å². The molecule has 1 aromatic rings. The number of rotatable bonds is 10. The van der Waals surface area contributed by atoms with Gasteiger partial charge in [-0.1, -0.05) is 18.2 Å². The summed E-state index contributed by atoms with van der Waals surface area (Å²) in [5.41, 5.74) is -0.772. The van der Waals surface area contributed by atoms with Crippen molar-refractivity contribution in [3.8, 4) is 5.75 Å². The smallest absolute Gasteiger partial charge is 0.416 e. The van der Waals surface area contributed by atoms with Crippen LogP contribution in [0.25, 0.3) is 0 Å². The Bertz CT molecular complexity index is 714. The van der Waals surface area contributed by atoms with E-state index in [1.165, 1.54) is 12.1 Å². The number of alkyl halides is 3. The Kier molecular flexibility index (Phi) is 10.1. The average molecular weight is 466 g/mol. The summed E-state index contributed by atoms with van der Waals surface area (Å²) in [6, 6.07) is 4.70. The van der Waals surface area contributed by atoms with E-state index in [2.05, 4.69) is 18.9 Å². The molecule has 1 N–H and O–H groups in total. The second-order valence-electron chi connectivity index (χ2n) is 6.96. The summed E-state index contributed by atoms with van der Waals surface area (Å²) in [6.45, 7) is 0.0250. The van der Waals surface area contributed by atoms with Gasteiger partial charge >= 0.3 is 6.18 Å². The molecule has 0 saturated heterocycles. The summed E-state index contributed by atoms with van der Waals surface area (Å²) >= 11 is 0. The van der Waals surface area contributed by atoms with Crippen molar-refractivity contribution >= 4 is 18.9 Å². The van der Waals surface area contributed by atoms with Crippen molar-refractivity contribution in [3.05, 3.63) is 54.3 Å². The van der Waals surface area contributed by atoms with Crippen LogP contribution in [0.15, 0.2) is 48.8 Å². The molecule has 5 unspecified atom stereocenters. The Labute approximate surface area is 179 Å². The van der Waals surface area contributed by atoms with Gasteiger partial charge in [0, 0.05) is 31.3 Å². The lowest BCUT2D eigenvalue weighted by atomic mass is 9.90. The Hall–Kier alpha value is -1.17. The lowest BCUT2D eigenvalue weighted by molar-refractivity contribution is -0.137. The number of halogens is 3. The first-order valence-corrected chi connectivity index (χ1v) is 10.3. The zero-order valence-corrected chi connectivity index (χ0v) is 18.8. The van der Waals surface area contributed by atoms with Gasteiger partial charge in [0.1, 0.15) is 18.5 Å². The molecular weight excluding hydrogens is 439 g/mol. The largest absolute Gasteiger partial charge is 0.505 e. The topological polar surface area (TPSA) is 57.2 Å². The van der Waals surface area contributed by atoms with E-state index in [4.69, 9.17) is 18.5 Å². The lowest BCUT2D eigenvalue weighted by Gasteiger charge is -2.21. The molecule has 0 radical (unpaired) electrons. The second kappa shape index (κ2) is 12.0. The molecule has 1 saturated carbocycles. The minimum absolute atomic E-state index is 0.0250. The highest BCUT2D eigenvalue weighted by atomic mass is 31.0. The number of methoxy groups -OCH3 is 1. The van der Waals surface area contributed by atoms with Crippen molar-refractivity contribution in [2.75, 3.05) is 13.7 Å². The van der Waals surface area contributed by atoms with E-state index in [0.717, 1.165) is 12.1 Å². The van der Waals surface area contributed by atoms with E-state index < -0.39 is 23.9 Å². The van der Waals surface area contributed by atoms with Crippen LogP contribution < -0.4 is 4.74 Å². The molecule has 10 heteroatoms. The van der Waals surface area contributed by atoms with Crippen LogP contribution in [0.5, 0.6) is 5.75 Å². The number of aliphatic hydroxyl groups is 1. The molecule has 0 amide bonds. The molecule has 30 heavy (non-hydrogen) atoms. The van der Waals surface area contributed by atoms with E-state index in [0.29, 0.717) is 12.8 Å². The first-order valence-electron chi connectivity index (χ1n) is 9.35. The first-order chi connectivity index (χ1) is 14.3. The van der Waals surface area contributed by atoms with E-state index >= 15 is 0 Å². The number of allylic oxidation sites excluding steroid dienone is 1. The molecule has 5 nitrogen and oxygen atoms in total. The van der Waals surface area contributed by atoms with Crippen LogP contribution in [0.3, 0.4) is 0 Å². The summed E-state index contributed by atoms with van der Waals surface area (Å²) in [5, 5.41) is 10.4. The van der Waals surface area contributed by atoms with Gasteiger partial charge in [-0.15, -0.1) is 0 Å². The number of benzene rings is 1. The van der Waals surface area contributed by atoms with Crippen LogP contribution in [0.1, 0.15) is 18.4 Å². The summed E-state index contributed by atoms with van der Waals surface area (Å²) in [6.07, 6.45) is 2.55. The molecule has 0 spiro atoms. The molecule has 2 rings (SSSR count). The predicted molar refractivity (Wildman–Crippen MR) is 114 cm³/mol. The highest BCUT2D eigenvalue weighted by molar-refractivity contribution is 7.10. The molecule has 7 atom stereocenters. The number of aliphatic hydroxyl groups excluding tert-OH is 1. The monoisotopic (exact) mass is 466 g/mol. The van der Waals surface area contributed by atoms with Gasteiger partial charge in [-0.25, -0.2) is 0 Å². The Morgan fingerprint density at radius 1 is 1.30 bits per heavy atom. The van der Waals surface area contributed by atoms with Gasteiger partial charge in [0.15, 0.2) is 0 Å². The molecule has 168 valence electrons. The van der Waals surface area contributed by atoms with E-state index in [1.807, 2.05) is 12.2 Å². The average Bonchev–Trinajstić information content (AvgIpc) is 3.02. The molecule has 1 aliphatic rings. The maximum absolute atomic E-state index is 12.8. The third-order valence-electron chi connectivity index (χ3n) is 5.01. The fraction of sp³-hybridized carbons (Fsp3) is 0.500. The summed E-state index contributed by atoms with van der Waals surface area (Å²) in [5.74, 6) is -0.0294. The van der Waals surface area contributed by atoms with Crippen LogP contribution in [0.4, 0.5) is 13.2 Å². The molecule has 0 heterocycles. The van der Waals surface area contributed by atoms with E-state index in [-0.39, 0.29) is 30.3 Å². The minimum atomic E-state index is -4.43. The summed E-state index contributed by atoms with van der Waals surface area (Å²) < 4.78 is 59.6. The molecule has 1 fully saturated rings. The van der Waals surface area contributed by atoms with Crippen molar-refractivity contribution in [1.82, 2.24) is 0 Å². The quantitative estimate of drug-likeness (QED) is 0.312. The summed E-state index contributed by atoms with van der Waals surface area (Å²) in [4.78, 5) is 0. The van der Waals surface area contributed by atoms with Crippen molar-refractivity contribution in [1.29, 1.82) is 0 Å². The molecule has 1 aromatic carbocycles. The van der Waals surface area contributed by atoms with Gasteiger partial charge in [-0.3, -0.25) is 0 Å². The molecule has 0 bridgehead atoms. The minimum Gasteiger partial charge on any atom is -0.505 e. The maximum Gasteiger partial charge on any atom is 0.416 e. The fourth-order valence-corrected chi connectivity index (χ4v) is 3.93. The van der Waals surface area contributed by atoms with Crippen molar-refractivity contribution in [3.63, 3.8) is 0 Å². The highest BCUT2D eigenvalue weighted by Gasteiger charge is 2.40. The third kappa shape index (κ3) is 7.21.